The van der Waals surface area contributed by atoms with Crippen LogP contribution in [0.15, 0.2) is 23.6 Å². The van der Waals surface area contributed by atoms with Crippen LogP contribution in [0.2, 0.25) is 0 Å². The summed E-state index contributed by atoms with van der Waals surface area (Å²) in [6.07, 6.45) is 0.203. The lowest BCUT2D eigenvalue weighted by Crippen LogP contribution is -2.04. The minimum absolute atomic E-state index is 0.203. The van der Waals surface area contributed by atoms with E-state index < -0.39 is 0 Å². The molecule has 80 valence electrons. The lowest BCUT2D eigenvalue weighted by Gasteiger charge is -2.08. The van der Waals surface area contributed by atoms with E-state index >= 15 is 0 Å². The molecule has 0 aliphatic heterocycles. The minimum atomic E-state index is 0.203. The average molecular weight is 222 g/mol. The molecule has 0 saturated carbocycles. The highest BCUT2D eigenvalue weighted by molar-refractivity contribution is 7.17. The van der Waals surface area contributed by atoms with Gasteiger partial charge in [-0.3, -0.25) is 0 Å². The first-order valence-electron chi connectivity index (χ1n) is 4.92. The summed E-state index contributed by atoms with van der Waals surface area (Å²) in [5, 5.41) is 3.18. The summed E-state index contributed by atoms with van der Waals surface area (Å²) in [7, 11) is 1.68. The van der Waals surface area contributed by atoms with Gasteiger partial charge in [-0.2, -0.15) is 0 Å². The summed E-state index contributed by atoms with van der Waals surface area (Å²) in [5.41, 5.74) is 0. The first-order chi connectivity index (χ1) is 7.20. The number of hydrogen-bond acceptors (Lipinski definition) is 3. The van der Waals surface area contributed by atoms with E-state index in [0.717, 1.165) is 16.9 Å². The third-order valence-corrected chi connectivity index (χ3v) is 3.05. The highest BCUT2D eigenvalue weighted by Crippen LogP contribution is 2.35. The molecule has 3 heteroatoms. The van der Waals surface area contributed by atoms with Crippen LogP contribution in [0.4, 0.5) is 0 Å². The number of thiophene rings is 1. The van der Waals surface area contributed by atoms with Crippen LogP contribution in [-0.2, 0) is 0 Å². The van der Waals surface area contributed by atoms with Crippen molar-refractivity contribution < 1.29 is 9.47 Å². The van der Waals surface area contributed by atoms with E-state index in [2.05, 4.69) is 6.07 Å². The zero-order valence-electron chi connectivity index (χ0n) is 9.11. The van der Waals surface area contributed by atoms with Crippen LogP contribution < -0.4 is 9.47 Å². The molecule has 1 heterocycles. The molecular weight excluding hydrogens is 208 g/mol. The molecule has 0 aliphatic carbocycles. The number of benzene rings is 1. The lowest BCUT2D eigenvalue weighted by molar-refractivity contribution is 0.246. The van der Waals surface area contributed by atoms with Crippen molar-refractivity contribution in [3.8, 4) is 11.5 Å². The van der Waals surface area contributed by atoms with Gasteiger partial charge in [0.2, 0.25) is 0 Å². The van der Waals surface area contributed by atoms with E-state index in [1.165, 1.54) is 4.70 Å². The summed E-state index contributed by atoms with van der Waals surface area (Å²) < 4.78 is 12.2. The minimum Gasteiger partial charge on any atom is -0.497 e. The Bertz CT molecular complexity index is 460. The van der Waals surface area contributed by atoms with Gasteiger partial charge in [0.25, 0.3) is 0 Å². The molecule has 0 spiro atoms. The molecule has 0 atom stereocenters. The number of ether oxygens (including phenoxy) is 2. The largest absolute Gasteiger partial charge is 0.497 e. The Balaban J connectivity index is 2.46. The Labute approximate surface area is 93.4 Å². The second-order valence-corrected chi connectivity index (χ2v) is 4.54. The van der Waals surface area contributed by atoms with Gasteiger partial charge >= 0.3 is 0 Å². The molecule has 0 N–H and O–H groups in total. The number of methoxy groups -OCH3 is 1. The Morgan fingerprint density at radius 2 is 2.07 bits per heavy atom. The van der Waals surface area contributed by atoms with Gasteiger partial charge in [-0.25, -0.2) is 0 Å². The monoisotopic (exact) mass is 222 g/mol. The molecule has 1 aromatic carbocycles. The van der Waals surface area contributed by atoms with Gasteiger partial charge in [0.05, 0.1) is 13.2 Å². The molecule has 0 unspecified atom stereocenters. The Morgan fingerprint density at radius 1 is 1.27 bits per heavy atom. The van der Waals surface area contributed by atoms with Crippen LogP contribution in [-0.4, -0.2) is 13.2 Å². The van der Waals surface area contributed by atoms with Crippen molar-refractivity contribution in [3.63, 3.8) is 0 Å². The van der Waals surface area contributed by atoms with Crippen LogP contribution in [0.25, 0.3) is 10.1 Å². The Kier molecular flexibility index (Phi) is 2.82. The molecule has 1 aromatic heterocycles. The third kappa shape index (κ3) is 2.07. The molecule has 0 aliphatic rings. The van der Waals surface area contributed by atoms with E-state index in [1.54, 1.807) is 18.4 Å². The second kappa shape index (κ2) is 4.11. The maximum atomic E-state index is 5.72. The van der Waals surface area contributed by atoms with Crippen LogP contribution in [0.5, 0.6) is 11.5 Å². The van der Waals surface area contributed by atoms with Gasteiger partial charge in [0, 0.05) is 15.5 Å². The van der Waals surface area contributed by atoms with Crippen molar-refractivity contribution in [3.05, 3.63) is 23.6 Å². The molecule has 0 bridgehead atoms. The zero-order valence-corrected chi connectivity index (χ0v) is 9.93. The SMILES string of the molecule is COc1ccc2scc(OC(C)C)c2c1. The fourth-order valence-corrected chi connectivity index (χ4v) is 2.31. The smallest absolute Gasteiger partial charge is 0.138 e. The lowest BCUT2D eigenvalue weighted by atomic mass is 10.2. The molecule has 0 fully saturated rings. The second-order valence-electron chi connectivity index (χ2n) is 3.63. The number of hydrogen-bond donors (Lipinski definition) is 0. The molecule has 2 rings (SSSR count). The number of rotatable bonds is 3. The molecule has 0 amide bonds. The van der Waals surface area contributed by atoms with Crippen molar-refractivity contribution in [2.75, 3.05) is 7.11 Å². The van der Waals surface area contributed by atoms with Crippen molar-refractivity contribution in [2.45, 2.75) is 20.0 Å². The average Bonchev–Trinajstić information content (AvgIpc) is 2.60. The van der Waals surface area contributed by atoms with Crippen LogP contribution in [0.3, 0.4) is 0 Å². The number of fused-ring (bicyclic) bond motifs is 1. The summed E-state index contributed by atoms with van der Waals surface area (Å²) in [6.45, 7) is 4.06. The van der Waals surface area contributed by atoms with Gasteiger partial charge in [0.15, 0.2) is 0 Å². The summed E-state index contributed by atoms with van der Waals surface area (Å²) in [4.78, 5) is 0. The predicted molar refractivity (Wildman–Crippen MR) is 64.1 cm³/mol. The molecule has 0 radical (unpaired) electrons. The van der Waals surface area contributed by atoms with Crippen molar-refractivity contribution in [2.24, 2.45) is 0 Å². The van der Waals surface area contributed by atoms with Crippen LogP contribution >= 0.6 is 11.3 Å². The zero-order chi connectivity index (χ0) is 10.8. The fraction of sp³-hybridized carbons (Fsp3) is 0.333. The Morgan fingerprint density at radius 3 is 2.73 bits per heavy atom. The maximum absolute atomic E-state index is 5.72. The molecule has 2 aromatic rings. The highest BCUT2D eigenvalue weighted by Gasteiger charge is 2.07. The first-order valence-corrected chi connectivity index (χ1v) is 5.80. The summed E-state index contributed by atoms with van der Waals surface area (Å²) in [6, 6.07) is 6.05. The Hall–Kier alpha value is -1.22. The van der Waals surface area contributed by atoms with Crippen LogP contribution in [0, 0.1) is 0 Å². The first kappa shape index (κ1) is 10.3. The normalized spacial score (nSPS) is 10.9. The van der Waals surface area contributed by atoms with Gasteiger partial charge in [-0.05, 0) is 32.0 Å². The highest BCUT2D eigenvalue weighted by atomic mass is 32.1. The molecule has 0 saturated heterocycles. The van der Waals surface area contributed by atoms with E-state index in [9.17, 15) is 0 Å². The molecule has 15 heavy (non-hydrogen) atoms. The van der Waals surface area contributed by atoms with Crippen LogP contribution in [0.1, 0.15) is 13.8 Å². The third-order valence-electron chi connectivity index (χ3n) is 2.11. The maximum Gasteiger partial charge on any atom is 0.138 e. The fourth-order valence-electron chi connectivity index (χ4n) is 1.46. The standard InChI is InChI=1S/C12H14O2S/c1-8(2)14-11-7-15-12-5-4-9(13-3)6-10(11)12/h4-8H,1-3H3. The van der Waals surface area contributed by atoms with E-state index in [4.69, 9.17) is 9.47 Å². The van der Waals surface area contributed by atoms with E-state index in [0.29, 0.717) is 0 Å². The van der Waals surface area contributed by atoms with E-state index in [1.807, 2.05) is 31.4 Å². The molecule has 2 nitrogen and oxygen atoms in total. The quantitative estimate of drug-likeness (QED) is 0.788. The van der Waals surface area contributed by atoms with Gasteiger partial charge in [-0.1, -0.05) is 0 Å². The topological polar surface area (TPSA) is 18.5 Å². The van der Waals surface area contributed by atoms with Crippen molar-refractivity contribution in [1.29, 1.82) is 0 Å². The van der Waals surface area contributed by atoms with Gasteiger partial charge < -0.3 is 9.47 Å². The molecular formula is C12H14O2S. The van der Waals surface area contributed by atoms with E-state index in [-0.39, 0.29) is 6.10 Å². The summed E-state index contributed by atoms with van der Waals surface area (Å²) in [5.74, 6) is 1.82. The van der Waals surface area contributed by atoms with Crippen molar-refractivity contribution in [1.82, 2.24) is 0 Å². The van der Waals surface area contributed by atoms with Gasteiger partial charge in [0.1, 0.15) is 11.5 Å². The van der Waals surface area contributed by atoms with Crippen molar-refractivity contribution >= 4 is 21.4 Å². The summed E-state index contributed by atoms with van der Waals surface area (Å²) >= 11 is 1.69. The predicted octanol–water partition coefficient (Wildman–Crippen LogP) is 3.70. The van der Waals surface area contributed by atoms with Gasteiger partial charge in [-0.15, -0.1) is 11.3 Å².